The van der Waals surface area contributed by atoms with E-state index < -0.39 is 0 Å². The standard InChI is InChI=1S/C30H37N3O4.2ClH/c1-21(2)29(20-32-15-16-33(22(3)19-32)24-7-5-8-25(34)17-24)31-30(35)23-11-13-26(14-12-23)37-28-10-6-9-27(18-28)36-4;;/h5-14,17-18,21-22,29,34H,15-16,19-20H2,1-4H3,(H,31,35);2*1H/t22-,29+;;/m0../s1. The first-order chi connectivity index (χ1) is 17.8. The first-order valence-electron chi connectivity index (χ1n) is 12.8. The Labute approximate surface area is 243 Å². The smallest absolute Gasteiger partial charge is 0.251 e. The maximum absolute atomic E-state index is 13.1. The van der Waals surface area contributed by atoms with Crippen molar-refractivity contribution < 1.29 is 19.4 Å². The number of carbonyl (C=O) groups is 1. The van der Waals surface area contributed by atoms with Crippen molar-refractivity contribution in [2.45, 2.75) is 32.9 Å². The minimum Gasteiger partial charge on any atom is -0.508 e. The van der Waals surface area contributed by atoms with Crippen LogP contribution in [0.5, 0.6) is 23.0 Å². The Hall–Kier alpha value is -3.13. The zero-order chi connectivity index (χ0) is 26.4. The highest BCUT2D eigenvalue weighted by Gasteiger charge is 2.27. The lowest BCUT2D eigenvalue weighted by Gasteiger charge is -2.42. The summed E-state index contributed by atoms with van der Waals surface area (Å²) in [6, 6.07) is 22.4. The normalized spacial score (nSPS) is 16.0. The van der Waals surface area contributed by atoms with Gasteiger partial charge in [-0.15, -0.1) is 24.8 Å². The summed E-state index contributed by atoms with van der Waals surface area (Å²) in [5.41, 5.74) is 1.64. The maximum atomic E-state index is 13.1. The molecule has 3 aromatic rings. The van der Waals surface area contributed by atoms with E-state index in [0.29, 0.717) is 29.0 Å². The van der Waals surface area contributed by atoms with Crippen LogP contribution in [-0.4, -0.2) is 61.3 Å². The van der Waals surface area contributed by atoms with E-state index in [2.05, 4.69) is 35.9 Å². The monoisotopic (exact) mass is 575 g/mol. The van der Waals surface area contributed by atoms with Crippen molar-refractivity contribution in [2.24, 2.45) is 5.92 Å². The Kier molecular flexibility index (Phi) is 12.2. The molecule has 39 heavy (non-hydrogen) atoms. The molecule has 4 rings (SSSR count). The fourth-order valence-electron chi connectivity index (χ4n) is 4.68. The minimum atomic E-state index is -0.0851. The number of halogens is 2. The number of amides is 1. The second kappa shape index (κ2) is 14.9. The van der Waals surface area contributed by atoms with E-state index >= 15 is 0 Å². The highest BCUT2D eigenvalue weighted by atomic mass is 35.5. The van der Waals surface area contributed by atoms with Gasteiger partial charge in [0.15, 0.2) is 0 Å². The van der Waals surface area contributed by atoms with E-state index in [1.54, 1.807) is 37.4 Å². The minimum absolute atomic E-state index is 0. The molecule has 7 nitrogen and oxygen atoms in total. The predicted octanol–water partition coefficient (Wildman–Crippen LogP) is 6.00. The number of nitrogens with zero attached hydrogens (tertiary/aromatic N) is 2. The van der Waals surface area contributed by atoms with Gasteiger partial charge in [0.25, 0.3) is 5.91 Å². The number of benzene rings is 3. The number of ether oxygens (including phenoxy) is 2. The van der Waals surface area contributed by atoms with Gasteiger partial charge in [0, 0.05) is 61.6 Å². The summed E-state index contributed by atoms with van der Waals surface area (Å²) in [6.07, 6.45) is 0. The number of rotatable bonds is 9. The second-order valence-corrected chi connectivity index (χ2v) is 9.95. The first-order valence-corrected chi connectivity index (χ1v) is 12.8. The molecule has 1 saturated heterocycles. The van der Waals surface area contributed by atoms with Gasteiger partial charge in [0.2, 0.25) is 0 Å². The summed E-state index contributed by atoms with van der Waals surface area (Å²) in [6.45, 7) is 9.94. The average Bonchev–Trinajstić information content (AvgIpc) is 2.89. The van der Waals surface area contributed by atoms with Gasteiger partial charge in [0.05, 0.1) is 7.11 Å². The van der Waals surface area contributed by atoms with Crippen LogP contribution in [0.15, 0.2) is 72.8 Å². The highest BCUT2D eigenvalue weighted by molar-refractivity contribution is 5.94. The molecule has 0 unspecified atom stereocenters. The van der Waals surface area contributed by atoms with Crippen LogP contribution in [-0.2, 0) is 0 Å². The number of carbonyl (C=O) groups excluding carboxylic acids is 1. The average molecular weight is 577 g/mol. The summed E-state index contributed by atoms with van der Waals surface area (Å²) in [5.74, 6) is 2.55. The van der Waals surface area contributed by atoms with Gasteiger partial charge >= 0.3 is 0 Å². The van der Waals surface area contributed by atoms with Gasteiger partial charge in [-0.05, 0) is 61.4 Å². The number of hydrogen-bond donors (Lipinski definition) is 2. The number of anilines is 1. The summed E-state index contributed by atoms with van der Waals surface area (Å²) in [7, 11) is 1.62. The SMILES string of the molecule is COc1cccc(Oc2ccc(C(=O)N[C@H](CN3CCN(c4cccc(O)c4)[C@@H](C)C3)C(C)C)cc2)c1.Cl.Cl. The molecule has 0 aliphatic carbocycles. The zero-order valence-electron chi connectivity index (χ0n) is 22.9. The van der Waals surface area contributed by atoms with E-state index in [0.717, 1.165) is 37.6 Å². The van der Waals surface area contributed by atoms with Crippen LogP contribution in [0.1, 0.15) is 31.1 Å². The molecule has 0 spiro atoms. The number of phenols is 1. The van der Waals surface area contributed by atoms with Gasteiger partial charge in [-0.1, -0.05) is 26.0 Å². The summed E-state index contributed by atoms with van der Waals surface area (Å²) in [4.78, 5) is 17.8. The predicted molar refractivity (Wildman–Crippen MR) is 161 cm³/mol. The van der Waals surface area contributed by atoms with E-state index in [1.165, 1.54) is 0 Å². The number of hydrogen-bond acceptors (Lipinski definition) is 6. The highest BCUT2D eigenvalue weighted by Crippen LogP contribution is 2.26. The van der Waals surface area contributed by atoms with Gasteiger partial charge < -0.3 is 24.8 Å². The molecule has 212 valence electrons. The third-order valence-corrected chi connectivity index (χ3v) is 6.84. The summed E-state index contributed by atoms with van der Waals surface area (Å²) in [5, 5.41) is 13.1. The molecule has 2 atom stereocenters. The van der Waals surface area contributed by atoms with Crippen molar-refractivity contribution in [3.63, 3.8) is 0 Å². The van der Waals surface area contributed by atoms with Crippen molar-refractivity contribution in [1.82, 2.24) is 10.2 Å². The third kappa shape index (κ3) is 8.68. The number of phenolic OH excluding ortho intramolecular Hbond substituents is 1. The van der Waals surface area contributed by atoms with Gasteiger partial charge in [-0.25, -0.2) is 0 Å². The largest absolute Gasteiger partial charge is 0.508 e. The van der Waals surface area contributed by atoms with E-state index in [-0.39, 0.29) is 42.5 Å². The van der Waals surface area contributed by atoms with Crippen LogP contribution < -0.4 is 19.7 Å². The molecule has 1 fully saturated rings. The molecule has 0 bridgehead atoms. The molecule has 0 aromatic heterocycles. The van der Waals surface area contributed by atoms with Crippen LogP contribution in [0, 0.1) is 5.92 Å². The lowest BCUT2D eigenvalue weighted by Crippen LogP contribution is -2.56. The number of methoxy groups -OCH3 is 1. The van der Waals surface area contributed by atoms with Crippen molar-refractivity contribution in [1.29, 1.82) is 0 Å². The molecule has 2 N–H and O–H groups in total. The fourth-order valence-corrected chi connectivity index (χ4v) is 4.68. The number of aromatic hydroxyl groups is 1. The Morgan fingerprint density at radius 1 is 0.974 bits per heavy atom. The molecule has 9 heteroatoms. The second-order valence-electron chi connectivity index (χ2n) is 9.95. The van der Waals surface area contributed by atoms with Crippen LogP contribution in [0.3, 0.4) is 0 Å². The quantitative estimate of drug-likeness (QED) is 0.326. The Balaban J connectivity index is 0.00000267. The van der Waals surface area contributed by atoms with Crippen LogP contribution in [0.4, 0.5) is 5.69 Å². The molecule has 1 aliphatic rings. The topological polar surface area (TPSA) is 74.3 Å². The lowest BCUT2D eigenvalue weighted by molar-refractivity contribution is 0.0903. The number of piperazine rings is 1. The van der Waals surface area contributed by atoms with Crippen LogP contribution in [0.2, 0.25) is 0 Å². The third-order valence-electron chi connectivity index (χ3n) is 6.84. The number of nitrogens with one attached hydrogen (secondary N) is 1. The molecule has 1 heterocycles. The summed E-state index contributed by atoms with van der Waals surface area (Å²) < 4.78 is 11.1. The molecule has 3 aromatic carbocycles. The first kappa shape index (κ1) is 32.1. The van der Waals surface area contributed by atoms with Crippen LogP contribution >= 0.6 is 24.8 Å². The van der Waals surface area contributed by atoms with Crippen molar-refractivity contribution in [3.05, 3.63) is 78.4 Å². The zero-order valence-corrected chi connectivity index (χ0v) is 24.5. The molecule has 1 aliphatic heterocycles. The van der Waals surface area contributed by atoms with Crippen molar-refractivity contribution in [2.75, 3.05) is 38.2 Å². The molecule has 1 amide bonds. The van der Waals surface area contributed by atoms with Gasteiger partial charge in [0.1, 0.15) is 23.0 Å². The Morgan fingerprint density at radius 3 is 2.31 bits per heavy atom. The Morgan fingerprint density at radius 2 is 1.67 bits per heavy atom. The molecular formula is C30H39Cl2N3O4. The van der Waals surface area contributed by atoms with E-state index in [4.69, 9.17) is 9.47 Å². The lowest BCUT2D eigenvalue weighted by atomic mass is 10.0. The van der Waals surface area contributed by atoms with Crippen LogP contribution in [0.25, 0.3) is 0 Å². The van der Waals surface area contributed by atoms with Gasteiger partial charge in [-0.3, -0.25) is 9.69 Å². The maximum Gasteiger partial charge on any atom is 0.251 e. The summed E-state index contributed by atoms with van der Waals surface area (Å²) >= 11 is 0. The molecular weight excluding hydrogens is 537 g/mol. The van der Waals surface area contributed by atoms with Gasteiger partial charge in [-0.2, -0.15) is 0 Å². The molecule has 0 radical (unpaired) electrons. The van der Waals surface area contributed by atoms with E-state index in [1.807, 2.05) is 42.5 Å². The Bertz CT molecular complexity index is 1190. The van der Waals surface area contributed by atoms with Crippen molar-refractivity contribution >= 4 is 36.4 Å². The molecule has 0 saturated carbocycles. The van der Waals surface area contributed by atoms with E-state index in [9.17, 15) is 9.90 Å². The fraction of sp³-hybridized carbons (Fsp3) is 0.367. The van der Waals surface area contributed by atoms with Crippen molar-refractivity contribution in [3.8, 4) is 23.0 Å².